The van der Waals surface area contributed by atoms with E-state index < -0.39 is 5.97 Å². The van der Waals surface area contributed by atoms with E-state index in [0.29, 0.717) is 13.2 Å². The largest absolute Gasteiger partial charge is 0.475 e. The SMILES string of the molecule is Cc1ccccc1[C@@H]1CN(C(=O)c2ccc(C(=O)O)o2)[C@@H](C)CO1. The van der Waals surface area contributed by atoms with Crippen molar-refractivity contribution in [2.75, 3.05) is 13.2 Å². The van der Waals surface area contributed by atoms with Gasteiger partial charge in [-0.3, -0.25) is 4.79 Å². The number of morpholine rings is 1. The molecule has 1 fully saturated rings. The summed E-state index contributed by atoms with van der Waals surface area (Å²) in [6, 6.07) is 10.5. The molecular weight excluding hydrogens is 310 g/mol. The number of aryl methyl sites for hydroxylation is 1. The first kappa shape index (κ1) is 16.3. The molecule has 1 aromatic carbocycles. The Morgan fingerprint density at radius 3 is 2.54 bits per heavy atom. The van der Waals surface area contributed by atoms with Crippen LogP contribution in [0.1, 0.15) is 45.3 Å². The van der Waals surface area contributed by atoms with Crippen LogP contribution in [-0.4, -0.2) is 41.1 Å². The minimum Gasteiger partial charge on any atom is -0.475 e. The average molecular weight is 329 g/mol. The lowest BCUT2D eigenvalue weighted by Gasteiger charge is -2.38. The standard InChI is InChI=1S/C18H19NO5/c1-11-5-3-4-6-13(11)16-9-19(12(2)10-23-16)17(20)14-7-8-15(24-14)18(21)22/h3-8,12,16H,9-10H2,1-2H3,(H,21,22)/t12-,16-/m0/s1. The van der Waals surface area contributed by atoms with Crippen molar-refractivity contribution in [2.24, 2.45) is 0 Å². The molecule has 6 heteroatoms. The molecule has 6 nitrogen and oxygen atoms in total. The van der Waals surface area contributed by atoms with Crippen LogP contribution in [0.2, 0.25) is 0 Å². The number of carbonyl (C=O) groups is 2. The van der Waals surface area contributed by atoms with Crippen LogP contribution in [0, 0.1) is 6.92 Å². The van der Waals surface area contributed by atoms with E-state index in [2.05, 4.69) is 0 Å². The zero-order valence-electron chi connectivity index (χ0n) is 13.6. The first-order valence-electron chi connectivity index (χ1n) is 7.78. The molecule has 3 rings (SSSR count). The Morgan fingerprint density at radius 2 is 1.88 bits per heavy atom. The van der Waals surface area contributed by atoms with Gasteiger partial charge < -0.3 is 19.2 Å². The van der Waals surface area contributed by atoms with Crippen molar-refractivity contribution in [2.45, 2.75) is 26.0 Å². The van der Waals surface area contributed by atoms with Crippen LogP contribution >= 0.6 is 0 Å². The van der Waals surface area contributed by atoms with E-state index in [1.165, 1.54) is 12.1 Å². The van der Waals surface area contributed by atoms with E-state index in [1.807, 2.05) is 38.1 Å². The van der Waals surface area contributed by atoms with Crippen LogP contribution in [0.15, 0.2) is 40.8 Å². The van der Waals surface area contributed by atoms with Crippen molar-refractivity contribution in [1.29, 1.82) is 0 Å². The predicted octanol–water partition coefficient (Wildman–Crippen LogP) is 2.89. The number of carboxylic acid groups (broad SMARTS) is 1. The fourth-order valence-electron chi connectivity index (χ4n) is 2.89. The van der Waals surface area contributed by atoms with Gasteiger partial charge in [0.1, 0.15) is 6.10 Å². The second kappa shape index (κ2) is 6.49. The highest BCUT2D eigenvalue weighted by Gasteiger charge is 2.33. The molecule has 2 aromatic rings. The Labute approximate surface area is 139 Å². The van der Waals surface area contributed by atoms with Crippen molar-refractivity contribution < 1.29 is 23.8 Å². The van der Waals surface area contributed by atoms with Gasteiger partial charge in [0, 0.05) is 0 Å². The van der Waals surface area contributed by atoms with Crippen LogP contribution in [0.3, 0.4) is 0 Å². The van der Waals surface area contributed by atoms with Gasteiger partial charge in [0.15, 0.2) is 5.76 Å². The number of aromatic carboxylic acids is 1. The first-order valence-corrected chi connectivity index (χ1v) is 7.78. The number of hydrogen-bond acceptors (Lipinski definition) is 4. The minimum atomic E-state index is -1.19. The number of carbonyl (C=O) groups excluding carboxylic acids is 1. The number of nitrogens with zero attached hydrogens (tertiary/aromatic N) is 1. The normalized spacial score (nSPS) is 20.8. The molecule has 1 amide bonds. The lowest BCUT2D eigenvalue weighted by atomic mass is 10.0. The number of benzene rings is 1. The Morgan fingerprint density at radius 1 is 1.17 bits per heavy atom. The van der Waals surface area contributed by atoms with Crippen molar-refractivity contribution >= 4 is 11.9 Å². The molecule has 1 aliphatic heterocycles. The van der Waals surface area contributed by atoms with Crippen LogP contribution in [0.5, 0.6) is 0 Å². The number of furan rings is 1. The second-order valence-corrected chi connectivity index (χ2v) is 5.95. The predicted molar refractivity (Wildman–Crippen MR) is 86.0 cm³/mol. The summed E-state index contributed by atoms with van der Waals surface area (Å²) in [4.78, 5) is 25.3. The summed E-state index contributed by atoms with van der Waals surface area (Å²) in [6.07, 6.45) is -0.208. The smallest absolute Gasteiger partial charge is 0.371 e. The van der Waals surface area contributed by atoms with E-state index >= 15 is 0 Å². The van der Waals surface area contributed by atoms with Gasteiger partial charge in [-0.1, -0.05) is 24.3 Å². The van der Waals surface area contributed by atoms with Gasteiger partial charge in [-0.15, -0.1) is 0 Å². The summed E-state index contributed by atoms with van der Waals surface area (Å²) in [5.41, 5.74) is 2.16. The molecule has 24 heavy (non-hydrogen) atoms. The third-order valence-corrected chi connectivity index (χ3v) is 4.26. The third kappa shape index (κ3) is 3.05. The third-order valence-electron chi connectivity index (χ3n) is 4.26. The van der Waals surface area contributed by atoms with E-state index in [9.17, 15) is 9.59 Å². The zero-order valence-corrected chi connectivity index (χ0v) is 13.6. The van der Waals surface area contributed by atoms with Gasteiger partial charge in [0.05, 0.1) is 19.2 Å². The van der Waals surface area contributed by atoms with E-state index in [4.69, 9.17) is 14.3 Å². The number of amides is 1. The monoisotopic (exact) mass is 329 g/mol. The summed E-state index contributed by atoms with van der Waals surface area (Å²) in [5.74, 6) is -1.72. The summed E-state index contributed by atoms with van der Waals surface area (Å²) >= 11 is 0. The molecule has 1 aliphatic rings. The molecule has 0 unspecified atom stereocenters. The van der Waals surface area contributed by atoms with Crippen LogP contribution in [-0.2, 0) is 4.74 Å². The lowest BCUT2D eigenvalue weighted by Crippen LogP contribution is -2.48. The minimum absolute atomic E-state index is 0.0321. The maximum absolute atomic E-state index is 12.7. The molecule has 0 aliphatic carbocycles. The van der Waals surface area contributed by atoms with Gasteiger partial charge in [0.25, 0.3) is 5.91 Å². The average Bonchev–Trinajstić information content (AvgIpc) is 3.06. The molecule has 1 aromatic heterocycles. The number of ether oxygens (including phenoxy) is 1. The maximum Gasteiger partial charge on any atom is 0.371 e. The van der Waals surface area contributed by atoms with Gasteiger partial charge in [-0.2, -0.15) is 0 Å². The topological polar surface area (TPSA) is 80.0 Å². The van der Waals surface area contributed by atoms with Crippen LogP contribution < -0.4 is 0 Å². The Hall–Kier alpha value is -2.60. The molecule has 2 heterocycles. The van der Waals surface area contributed by atoms with Gasteiger partial charge in [0.2, 0.25) is 5.76 Å². The van der Waals surface area contributed by atoms with Crippen molar-refractivity contribution in [3.8, 4) is 0 Å². The second-order valence-electron chi connectivity index (χ2n) is 5.95. The fraction of sp³-hybridized carbons (Fsp3) is 0.333. The van der Waals surface area contributed by atoms with Crippen LogP contribution in [0.4, 0.5) is 0 Å². The Kier molecular flexibility index (Phi) is 4.40. The summed E-state index contributed by atoms with van der Waals surface area (Å²) in [5, 5.41) is 8.92. The van der Waals surface area contributed by atoms with Crippen molar-refractivity contribution in [1.82, 2.24) is 4.90 Å². The molecule has 0 spiro atoms. The van der Waals surface area contributed by atoms with E-state index in [1.54, 1.807) is 4.90 Å². The van der Waals surface area contributed by atoms with E-state index in [-0.39, 0.29) is 29.6 Å². The van der Waals surface area contributed by atoms with Gasteiger partial charge >= 0.3 is 5.97 Å². The Bertz CT molecular complexity index is 766. The summed E-state index contributed by atoms with van der Waals surface area (Å²) in [6.45, 7) is 4.72. The molecule has 0 radical (unpaired) electrons. The Balaban J connectivity index is 1.82. The van der Waals surface area contributed by atoms with Crippen LogP contribution in [0.25, 0.3) is 0 Å². The maximum atomic E-state index is 12.7. The highest BCUT2D eigenvalue weighted by atomic mass is 16.5. The van der Waals surface area contributed by atoms with Crippen molar-refractivity contribution in [3.63, 3.8) is 0 Å². The number of rotatable bonds is 3. The highest BCUT2D eigenvalue weighted by molar-refractivity contribution is 5.93. The summed E-state index contributed by atoms with van der Waals surface area (Å²) < 4.78 is 11.0. The van der Waals surface area contributed by atoms with Crippen molar-refractivity contribution in [3.05, 3.63) is 59.0 Å². The quantitative estimate of drug-likeness (QED) is 0.936. The zero-order chi connectivity index (χ0) is 17.3. The summed E-state index contributed by atoms with van der Waals surface area (Å²) in [7, 11) is 0. The number of hydrogen-bond donors (Lipinski definition) is 1. The highest BCUT2D eigenvalue weighted by Crippen LogP contribution is 2.28. The molecule has 2 atom stereocenters. The molecule has 126 valence electrons. The first-order chi connectivity index (χ1) is 11.5. The number of carboxylic acids is 1. The molecule has 0 saturated carbocycles. The lowest BCUT2D eigenvalue weighted by molar-refractivity contribution is -0.0497. The molecule has 1 saturated heterocycles. The molecular formula is C18H19NO5. The molecule has 1 N–H and O–H groups in total. The van der Waals surface area contributed by atoms with E-state index in [0.717, 1.165) is 11.1 Å². The molecule has 0 bridgehead atoms. The van der Waals surface area contributed by atoms with Gasteiger partial charge in [-0.05, 0) is 37.1 Å². The van der Waals surface area contributed by atoms with Gasteiger partial charge in [-0.25, -0.2) is 4.79 Å². The fourth-order valence-corrected chi connectivity index (χ4v) is 2.89.